The first-order valence-electron chi connectivity index (χ1n) is 7.17. The van der Waals surface area contributed by atoms with Gasteiger partial charge in [0.1, 0.15) is 6.04 Å². The van der Waals surface area contributed by atoms with Crippen LogP contribution in [0.4, 0.5) is 14.9 Å². The van der Waals surface area contributed by atoms with Gasteiger partial charge in [-0.1, -0.05) is 30.3 Å². The zero-order valence-corrected chi connectivity index (χ0v) is 13.0. The smallest absolute Gasteiger partial charge is 0.326 e. The van der Waals surface area contributed by atoms with Crippen molar-refractivity contribution in [2.75, 3.05) is 12.4 Å². The number of carbonyl (C=O) groups excluding carboxylic acids is 1. The van der Waals surface area contributed by atoms with Crippen LogP contribution < -0.4 is 15.4 Å². The molecule has 0 heterocycles. The number of carboxylic acid groups (broad SMARTS) is 1. The highest BCUT2D eigenvalue weighted by Crippen LogP contribution is 2.20. The molecule has 0 bridgehead atoms. The van der Waals surface area contributed by atoms with E-state index in [4.69, 9.17) is 4.74 Å². The number of aliphatic carboxylic acids is 1. The Bertz CT molecular complexity index is 722. The molecule has 126 valence electrons. The Hall–Kier alpha value is -3.09. The number of carbonyl (C=O) groups is 2. The van der Waals surface area contributed by atoms with Gasteiger partial charge in [-0.15, -0.1) is 0 Å². The Morgan fingerprint density at radius 3 is 2.50 bits per heavy atom. The minimum atomic E-state index is -1.16. The van der Waals surface area contributed by atoms with E-state index in [1.807, 2.05) is 6.07 Å². The van der Waals surface area contributed by atoms with Crippen LogP contribution in [0, 0.1) is 5.82 Å². The summed E-state index contributed by atoms with van der Waals surface area (Å²) in [6.45, 7) is 0. The first-order valence-corrected chi connectivity index (χ1v) is 7.17. The molecular weight excluding hydrogens is 315 g/mol. The standard InChI is InChI=1S/C17H17FN2O4/c1-24-15-8-7-12(10-13(15)18)19-17(23)20-14(16(21)22)9-11-5-3-2-4-6-11/h2-8,10,14H,9H2,1H3,(H,21,22)(H2,19,20,23)/t14-/m0/s1. The number of rotatable bonds is 6. The number of methoxy groups -OCH3 is 1. The second kappa shape index (κ2) is 7.96. The van der Waals surface area contributed by atoms with Gasteiger partial charge < -0.3 is 20.5 Å². The molecule has 0 radical (unpaired) electrons. The zero-order valence-electron chi connectivity index (χ0n) is 13.0. The molecule has 0 spiro atoms. The van der Waals surface area contributed by atoms with Crippen molar-refractivity contribution in [1.82, 2.24) is 5.32 Å². The van der Waals surface area contributed by atoms with Gasteiger partial charge in [0.25, 0.3) is 0 Å². The maximum atomic E-state index is 13.6. The average Bonchev–Trinajstić information content (AvgIpc) is 2.55. The van der Waals surface area contributed by atoms with Crippen molar-refractivity contribution < 1.29 is 23.8 Å². The van der Waals surface area contributed by atoms with Crippen molar-refractivity contribution in [2.45, 2.75) is 12.5 Å². The highest BCUT2D eigenvalue weighted by atomic mass is 19.1. The van der Waals surface area contributed by atoms with Gasteiger partial charge in [0.2, 0.25) is 0 Å². The summed E-state index contributed by atoms with van der Waals surface area (Å²) in [7, 11) is 1.33. The molecule has 1 atom stereocenters. The van der Waals surface area contributed by atoms with E-state index >= 15 is 0 Å². The number of halogens is 1. The summed E-state index contributed by atoms with van der Waals surface area (Å²) in [4.78, 5) is 23.3. The number of carboxylic acids is 1. The molecule has 0 aliphatic carbocycles. The van der Waals surface area contributed by atoms with Crippen LogP contribution in [0.5, 0.6) is 5.75 Å². The average molecular weight is 332 g/mol. The number of ether oxygens (including phenoxy) is 1. The highest BCUT2D eigenvalue weighted by molar-refractivity contribution is 5.92. The molecule has 2 rings (SSSR count). The van der Waals surface area contributed by atoms with Crippen molar-refractivity contribution in [3.63, 3.8) is 0 Å². The van der Waals surface area contributed by atoms with Crippen molar-refractivity contribution in [2.24, 2.45) is 0 Å². The second-order valence-corrected chi connectivity index (χ2v) is 5.03. The monoisotopic (exact) mass is 332 g/mol. The Morgan fingerprint density at radius 1 is 1.21 bits per heavy atom. The van der Waals surface area contributed by atoms with Crippen LogP contribution >= 0.6 is 0 Å². The second-order valence-electron chi connectivity index (χ2n) is 5.03. The topological polar surface area (TPSA) is 87.7 Å². The SMILES string of the molecule is COc1ccc(NC(=O)N[C@@H](Cc2ccccc2)C(=O)O)cc1F. The van der Waals surface area contributed by atoms with Gasteiger partial charge in [0.05, 0.1) is 7.11 Å². The first kappa shape index (κ1) is 17.3. The largest absolute Gasteiger partial charge is 0.494 e. The van der Waals surface area contributed by atoms with Crippen molar-refractivity contribution in [3.8, 4) is 5.75 Å². The molecule has 0 unspecified atom stereocenters. The Kier molecular flexibility index (Phi) is 5.73. The summed E-state index contributed by atoms with van der Waals surface area (Å²) in [5.41, 5.74) is 0.968. The van der Waals surface area contributed by atoms with E-state index < -0.39 is 23.9 Å². The van der Waals surface area contributed by atoms with E-state index in [0.29, 0.717) is 0 Å². The lowest BCUT2D eigenvalue weighted by atomic mass is 10.1. The van der Waals surface area contributed by atoms with E-state index in [0.717, 1.165) is 11.6 Å². The van der Waals surface area contributed by atoms with Crippen LogP contribution in [-0.4, -0.2) is 30.3 Å². The molecule has 0 aliphatic rings. The van der Waals surface area contributed by atoms with Gasteiger partial charge in [-0.25, -0.2) is 14.0 Å². The summed E-state index contributed by atoms with van der Waals surface area (Å²) < 4.78 is 18.4. The van der Waals surface area contributed by atoms with Crippen LogP contribution in [0.25, 0.3) is 0 Å². The third-order valence-corrected chi connectivity index (χ3v) is 3.30. The molecule has 2 aromatic rings. The van der Waals surface area contributed by atoms with Crippen LogP contribution in [0.15, 0.2) is 48.5 Å². The lowest BCUT2D eigenvalue weighted by Crippen LogP contribution is -2.44. The normalized spacial score (nSPS) is 11.4. The predicted octanol–water partition coefficient (Wildman–Crippen LogP) is 2.65. The van der Waals surface area contributed by atoms with E-state index in [9.17, 15) is 19.1 Å². The maximum absolute atomic E-state index is 13.6. The fourth-order valence-electron chi connectivity index (χ4n) is 2.12. The quantitative estimate of drug-likeness (QED) is 0.759. The molecule has 7 heteroatoms. The molecule has 0 fully saturated rings. The third kappa shape index (κ3) is 4.70. The molecule has 3 N–H and O–H groups in total. The fraction of sp³-hybridized carbons (Fsp3) is 0.176. The maximum Gasteiger partial charge on any atom is 0.326 e. The minimum absolute atomic E-state index is 0.0495. The number of anilines is 1. The Morgan fingerprint density at radius 2 is 1.92 bits per heavy atom. The molecule has 0 saturated carbocycles. The molecule has 2 amide bonds. The van der Waals surface area contributed by atoms with E-state index in [2.05, 4.69) is 10.6 Å². The summed E-state index contributed by atoms with van der Waals surface area (Å²) in [5, 5.41) is 14.0. The van der Waals surface area contributed by atoms with Gasteiger partial charge >= 0.3 is 12.0 Å². The summed E-state index contributed by atoms with van der Waals surface area (Å²) in [6, 6.07) is 11.0. The van der Waals surface area contributed by atoms with E-state index in [1.165, 1.54) is 19.2 Å². The summed E-state index contributed by atoms with van der Waals surface area (Å²) >= 11 is 0. The van der Waals surface area contributed by atoms with Gasteiger partial charge in [-0.05, 0) is 17.7 Å². The summed E-state index contributed by atoms with van der Waals surface area (Å²) in [5.74, 6) is -1.74. The number of urea groups is 1. The number of benzene rings is 2. The molecule has 0 aliphatic heterocycles. The Labute approximate surface area is 138 Å². The van der Waals surface area contributed by atoms with Crippen LogP contribution in [0.3, 0.4) is 0 Å². The number of nitrogens with one attached hydrogen (secondary N) is 2. The van der Waals surface area contributed by atoms with Crippen molar-refractivity contribution in [3.05, 3.63) is 59.9 Å². The lowest BCUT2D eigenvalue weighted by molar-refractivity contribution is -0.139. The van der Waals surface area contributed by atoms with Gasteiger partial charge in [-0.3, -0.25) is 0 Å². The zero-order chi connectivity index (χ0) is 17.5. The third-order valence-electron chi connectivity index (χ3n) is 3.30. The van der Waals surface area contributed by atoms with Gasteiger partial charge in [0.15, 0.2) is 11.6 Å². The van der Waals surface area contributed by atoms with Crippen LogP contribution in [0.1, 0.15) is 5.56 Å². The molecule has 6 nitrogen and oxygen atoms in total. The van der Waals surface area contributed by atoms with E-state index in [1.54, 1.807) is 24.3 Å². The Balaban J connectivity index is 2.00. The fourth-order valence-corrected chi connectivity index (χ4v) is 2.12. The number of hydrogen-bond donors (Lipinski definition) is 3. The molecule has 2 aromatic carbocycles. The first-order chi connectivity index (χ1) is 11.5. The minimum Gasteiger partial charge on any atom is -0.494 e. The lowest BCUT2D eigenvalue weighted by Gasteiger charge is -2.15. The van der Waals surface area contributed by atoms with Crippen LogP contribution in [-0.2, 0) is 11.2 Å². The van der Waals surface area contributed by atoms with Gasteiger partial charge in [0, 0.05) is 18.2 Å². The highest BCUT2D eigenvalue weighted by Gasteiger charge is 2.20. The predicted molar refractivity (Wildman–Crippen MR) is 86.7 cm³/mol. The van der Waals surface area contributed by atoms with Crippen LogP contribution in [0.2, 0.25) is 0 Å². The molecular formula is C17H17FN2O4. The molecule has 24 heavy (non-hydrogen) atoms. The number of amides is 2. The van der Waals surface area contributed by atoms with Crippen molar-refractivity contribution in [1.29, 1.82) is 0 Å². The number of hydrogen-bond acceptors (Lipinski definition) is 3. The van der Waals surface area contributed by atoms with Crippen molar-refractivity contribution >= 4 is 17.7 Å². The van der Waals surface area contributed by atoms with Gasteiger partial charge in [-0.2, -0.15) is 0 Å². The summed E-state index contributed by atoms with van der Waals surface area (Å²) in [6.07, 6.45) is 0.139. The molecule has 0 aromatic heterocycles. The molecule has 0 saturated heterocycles. The van der Waals surface area contributed by atoms with E-state index in [-0.39, 0.29) is 17.9 Å².